The number of halogens is 1. The summed E-state index contributed by atoms with van der Waals surface area (Å²) in [4.78, 5) is 12.6. The molecule has 2 aromatic carbocycles. The van der Waals surface area contributed by atoms with Crippen molar-refractivity contribution < 1.29 is 14.3 Å². The van der Waals surface area contributed by atoms with Crippen LogP contribution in [0, 0.1) is 5.82 Å². The monoisotopic (exact) mass is 335 g/mol. The van der Waals surface area contributed by atoms with E-state index in [1.807, 2.05) is 6.07 Å². The van der Waals surface area contributed by atoms with E-state index in [1.165, 1.54) is 12.3 Å². The SMILES string of the molecule is O=C1Nc2c(cnnc2-c2ccccc2F)C(O)C1c1ccccc1. The van der Waals surface area contributed by atoms with E-state index in [9.17, 15) is 14.3 Å². The minimum absolute atomic E-state index is 0.203. The first-order valence-electron chi connectivity index (χ1n) is 7.81. The third kappa shape index (κ3) is 2.56. The molecule has 2 heterocycles. The predicted molar refractivity (Wildman–Crippen MR) is 90.2 cm³/mol. The van der Waals surface area contributed by atoms with Crippen LogP contribution in [0.1, 0.15) is 23.1 Å². The molecule has 3 aromatic rings. The molecular weight excluding hydrogens is 321 g/mol. The van der Waals surface area contributed by atoms with Gasteiger partial charge in [-0.15, -0.1) is 5.10 Å². The van der Waals surface area contributed by atoms with Gasteiger partial charge in [0.15, 0.2) is 0 Å². The van der Waals surface area contributed by atoms with E-state index in [0.717, 1.165) is 0 Å². The largest absolute Gasteiger partial charge is 0.387 e. The average Bonchev–Trinajstić information content (AvgIpc) is 2.63. The van der Waals surface area contributed by atoms with Crippen molar-refractivity contribution in [2.45, 2.75) is 12.0 Å². The van der Waals surface area contributed by atoms with Crippen molar-refractivity contribution >= 4 is 11.6 Å². The third-order valence-corrected chi connectivity index (χ3v) is 4.33. The number of nitrogens with zero attached hydrogens (tertiary/aromatic N) is 2. The zero-order valence-electron chi connectivity index (χ0n) is 13.1. The predicted octanol–water partition coefficient (Wildman–Crippen LogP) is 3.05. The van der Waals surface area contributed by atoms with Gasteiger partial charge in [-0.05, 0) is 17.7 Å². The van der Waals surface area contributed by atoms with Crippen molar-refractivity contribution in [1.29, 1.82) is 0 Å². The van der Waals surface area contributed by atoms with Gasteiger partial charge in [0.05, 0.1) is 23.9 Å². The van der Waals surface area contributed by atoms with Crippen LogP contribution in [0.5, 0.6) is 0 Å². The molecule has 4 rings (SSSR count). The van der Waals surface area contributed by atoms with Crippen LogP contribution >= 0.6 is 0 Å². The number of rotatable bonds is 2. The number of fused-ring (bicyclic) bond motifs is 1. The molecular formula is C19H14FN3O2. The molecule has 5 nitrogen and oxygen atoms in total. The molecule has 25 heavy (non-hydrogen) atoms. The first kappa shape index (κ1) is 15.4. The highest BCUT2D eigenvalue weighted by atomic mass is 19.1. The molecule has 1 aromatic heterocycles. The van der Waals surface area contributed by atoms with Crippen LogP contribution < -0.4 is 5.32 Å². The van der Waals surface area contributed by atoms with Gasteiger partial charge in [-0.2, -0.15) is 5.10 Å². The van der Waals surface area contributed by atoms with Gasteiger partial charge in [-0.1, -0.05) is 42.5 Å². The number of hydrogen-bond donors (Lipinski definition) is 2. The molecule has 2 N–H and O–H groups in total. The van der Waals surface area contributed by atoms with Crippen LogP contribution in [-0.2, 0) is 4.79 Å². The lowest BCUT2D eigenvalue weighted by Crippen LogP contribution is -2.32. The van der Waals surface area contributed by atoms with Crippen molar-refractivity contribution in [3.05, 3.63) is 77.7 Å². The summed E-state index contributed by atoms with van der Waals surface area (Å²) < 4.78 is 14.1. The molecule has 6 heteroatoms. The van der Waals surface area contributed by atoms with Crippen LogP contribution in [0.25, 0.3) is 11.3 Å². The lowest BCUT2D eigenvalue weighted by atomic mass is 9.85. The highest BCUT2D eigenvalue weighted by molar-refractivity contribution is 6.02. The summed E-state index contributed by atoms with van der Waals surface area (Å²) in [6.07, 6.45) is 0.312. The maximum absolute atomic E-state index is 14.1. The van der Waals surface area contributed by atoms with E-state index in [4.69, 9.17) is 0 Å². The highest BCUT2D eigenvalue weighted by Crippen LogP contribution is 2.42. The summed E-state index contributed by atoms with van der Waals surface area (Å²) in [6.45, 7) is 0. The molecule has 1 amide bonds. The Hall–Kier alpha value is -3.12. The van der Waals surface area contributed by atoms with Crippen molar-refractivity contribution in [2.24, 2.45) is 0 Å². The molecule has 1 aliphatic heterocycles. The summed E-state index contributed by atoms with van der Waals surface area (Å²) in [6, 6.07) is 15.1. The number of amides is 1. The second-order valence-electron chi connectivity index (χ2n) is 5.83. The first-order valence-corrected chi connectivity index (χ1v) is 7.81. The number of aromatic nitrogens is 2. The summed E-state index contributed by atoms with van der Waals surface area (Å²) in [7, 11) is 0. The Morgan fingerprint density at radius 3 is 2.52 bits per heavy atom. The van der Waals surface area contributed by atoms with Crippen LogP contribution in [0.3, 0.4) is 0 Å². The maximum Gasteiger partial charge on any atom is 0.234 e. The van der Waals surface area contributed by atoms with Crippen molar-refractivity contribution in [3.63, 3.8) is 0 Å². The van der Waals surface area contributed by atoms with Crippen molar-refractivity contribution in [3.8, 4) is 11.3 Å². The summed E-state index contributed by atoms with van der Waals surface area (Å²) >= 11 is 0. The Kier molecular flexibility index (Phi) is 3.74. The molecule has 2 unspecified atom stereocenters. The minimum Gasteiger partial charge on any atom is -0.387 e. The molecule has 0 saturated heterocycles. The Morgan fingerprint density at radius 1 is 1.04 bits per heavy atom. The molecule has 1 aliphatic rings. The van der Waals surface area contributed by atoms with Gasteiger partial charge in [0, 0.05) is 11.1 Å². The highest BCUT2D eigenvalue weighted by Gasteiger charge is 2.37. The van der Waals surface area contributed by atoms with Crippen LogP contribution in [0.15, 0.2) is 60.8 Å². The van der Waals surface area contributed by atoms with E-state index in [-0.39, 0.29) is 17.2 Å². The summed E-state index contributed by atoms with van der Waals surface area (Å²) in [5.41, 5.74) is 1.83. The quantitative estimate of drug-likeness (QED) is 0.755. The molecule has 0 spiro atoms. The zero-order valence-corrected chi connectivity index (χ0v) is 13.1. The number of carbonyl (C=O) groups is 1. The minimum atomic E-state index is -1.09. The van der Waals surface area contributed by atoms with E-state index < -0.39 is 17.8 Å². The fraction of sp³-hybridized carbons (Fsp3) is 0.105. The Balaban J connectivity index is 1.84. The Morgan fingerprint density at radius 2 is 1.76 bits per heavy atom. The van der Waals surface area contributed by atoms with Gasteiger partial charge in [0.1, 0.15) is 11.5 Å². The number of hydrogen-bond acceptors (Lipinski definition) is 4. The van der Waals surface area contributed by atoms with E-state index >= 15 is 0 Å². The van der Waals surface area contributed by atoms with Gasteiger partial charge < -0.3 is 10.4 Å². The summed E-state index contributed by atoms with van der Waals surface area (Å²) in [5.74, 6) is -1.60. The van der Waals surface area contributed by atoms with Crippen molar-refractivity contribution in [1.82, 2.24) is 10.2 Å². The standard InChI is InChI=1S/C19H14FN3O2/c20-14-9-5-4-8-12(14)17-16-13(10-21-23-17)18(24)15(19(25)22-16)11-6-2-1-3-7-11/h1-10,15,18,24H,(H,22,25). The van der Waals surface area contributed by atoms with Gasteiger partial charge in [-0.3, -0.25) is 4.79 Å². The van der Waals surface area contributed by atoms with E-state index in [1.54, 1.807) is 42.5 Å². The van der Waals surface area contributed by atoms with E-state index in [2.05, 4.69) is 15.5 Å². The van der Waals surface area contributed by atoms with Gasteiger partial charge in [-0.25, -0.2) is 4.39 Å². The maximum atomic E-state index is 14.1. The molecule has 0 saturated carbocycles. The topological polar surface area (TPSA) is 75.1 Å². The first-order chi connectivity index (χ1) is 12.2. The lowest BCUT2D eigenvalue weighted by Gasteiger charge is -2.30. The van der Waals surface area contributed by atoms with Crippen LogP contribution in [0.4, 0.5) is 10.1 Å². The van der Waals surface area contributed by atoms with Crippen molar-refractivity contribution in [2.75, 3.05) is 5.32 Å². The lowest BCUT2D eigenvalue weighted by molar-refractivity contribution is -0.120. The molecule has 2 atom stereocenters. The molecule has 124 valence electrons. The zero-order chi connectivity index (χ0) is 17.4. The number of aliphatic hydroxyl groups excluding tert-OH is 1. The number of anilines is 1. The van der Waals surface area contributed by atoms with Crippen LogP contribution in [-0.4, -0.2) is 21.2 Å². The average molecular weight is 335 g/mol. The van der Waals surface area contributed by atoms with E-state index in [0.29, 0.717) is 16.8 Å². The molecule has 0 fully saturated rings. The number of nitrogens with one attached hydrogen (secondary N) is 1. The van der Waals surface area contributed by atoms with Gasteiger partial charge in [0.2, 0.25) is 5.91 Å². The number of carbonyl (C=O) groups excluding carboxylic acids is 1. The molecule has 0 bridgehead atoms. The second-order valence-corrected chi connectivity index (χ2v) is 5.83. The number of benzene rings is 2. The third-order valence-electron chi connectivity index (χ3n) is 4.33. The van der Waals surface area contributed by atoms with Crippen LogP contribution in [0.2, 0.25) is 0 Å². The fourth-order valence-corrected chi connectivity index (χ4v) is 3.12. The molecule has 0 radical (unpaired) electrons. The van der Waals surface area contributed by atoms with Gasteiger partial charge >= 0.3 is 0 Å². The Bertz CT molecular complexity index is 946. The normalized spacial score (nSPS) is 19.2. The Labute approximate surface area is 143 Å². The fourth-order valence-electron chi connectivity index (χ4n) is 3.12. The number of aliphatic hydroxyl groups is 1. The summed E-state index contributed by atoms with van der Waals surface area (Å²) in [5, 5.41) is 21.4. The molecule has 0 aliphatic carbocycles. The smallest absolute Gasteiger partial charge is 0.234 e. The van der Waals surface area contributed by atoms with Gasteiger partial charge in [0.25, 0.3) is 0 Å². The second kappa shape index (κ2) is 6.07.